The highest BCUT2D eigenvalue weighted by molar-refractivity contribution is 6.10. The van der Waals surface area contributed by atoms with Gasteiger partial charge < -0.3 is 4.57 Å². The minimum absolute atomic E-state index is 0.338. The third kappa shape index (κ3) is 5.47. The summed E-state index contributed by atoms with van der Waals surface area (Å²) < 4.78 is 2.36. The summed E-state index contributed by atoms with van der Waals surface area (Å²) in [5.41, 5.74) is 11.0. The van der Waals surface area contributed by atoms with E-state index in [9.17, 15) is 0 Å². The maximum Gasteiger partial charge on any atom is 0.187 e. The maximum absolute atomic E-state index is 7.47. The van der Waals surface area contributed by atoms with Crippen LogP contribution in [0.15, 0.2) is 146 Å². The van der Waals surface area contributed by atoms with Crippen LogP contribution < -0.4 is 0 Å². The second-order valence-corrected chi connectivity index (χ2v) is 16.2. The molecule has 4 aliphatic carbocycles. The summed E-state index contributed by atoms with van der Waals surface area (Å²) in [6.45, 7) is 7.47. The molecule has 264 valence electrons. The highest BCUT2D eigenvalue weighted by atomic mass is 15.0. The summed E-state index contributed by atoms with van der Waals surface area (Å²) in [6, 6.07) is 51.2. The van der Waals surface area contributed by atoms with Gasteiger partial charge in [0.15, 0.2) is 23.2 Å². The first-order valence-corrected chi connectivity index (χ1v) is 19.6. The summed E-state index contributed by atoms with van der Waals surface area (Å²) in [5, 5.41) is 2.32. The molecule has 0 unspecified atom stereocenters. The van der Waals surface area contributed by atoms with Crippen LogP contribution in [0.1, 0.15) is 44.1 Å². The molecule has 4 saturated carbocycles. The molecule has 0 radical (unpaired) electrons. The van der Waals surface area contributed by atoms with Gasteiger partial charge in [0.1, 0.15) is 0 Å². The van der Waals surface area contributed by atoms with Crippen molar-refractivity contribution in [3.05, 3.63) is 163 Å². The van der Waals surface area contributed by atoms with Crippen molar-refractivity contribution in [2.24, 2.45) is 17.8 Å². The second-order valence-electron chi connectivity index (χ2n) is 16.2. The Morgan fingerprint density at radius 3 is 1.73 bits per heavy atom. The van der Waals surface area contributed by atoms with Crippen LogP contribution in [-0.2, 0) is 5.41 Å². The zero-order chi connectivity index (χ0) is 36.5. The average Bonchev–Trinajstić information content (AvgIpc) is 3.57. The Morgan fingerprint density at radius 1 is 0.491 bits per heavy atom. The van der Waals surface area contributed by atoms with Crippen molar-refractivity contribution < 1.29 is 0 Å². The van der Waals surface area contributed by atoms with Crippen LogP contribution in [0.3, 0.4) is 0 Å². The van der Waals surface area contributed by atoms with Gasteiger partial charge in [0.05, 0.1) is 17.6 Å². The molecule has 0 aliphatic heterocycles. The van der Waals surface area contributed by atoms with E-state index in [1.165, 1.54) is 60.6 Å². The van der Waals surface area contributed by atoms with Crippen molar-refractivity contribution >= 4 is 27.5 Å². The highest BCUT2D eigenvalue weighted by Crippen LogP contribution is 2.60. The smallest absolute Gasteiger partial charge is 0.187 e. The zero-order valence-electron chi connectivity index (χ0n) is 30.6. The van der Waals surface area contributed by atoms with Crippen molar-refractivity contribution in [2.75, 3.05) is 0 Å². The van der Waals surface area contributed by atoms with Crippen LogP contribution in [0, 0.1) is 24.3 Å². The first-order valence-electron chi connectivity index (χ1n) is 19.6. The van der Waals surface area contributed by atoms with Gasteiger partial charge in [-0.05, 0) is 115 Å². The molecule has 0 saturated heterocycles. The molecule has 0 N–H and O–H groups in total. The number of hydrogen-bond acceptors (Lipinski definition) is 3. The predicted octanol–water partition coefficient (Wildman–Crippen LogP) is 12.7. The Bertz CT molecular complexity index is 2760. The number of fused-ring (bicyclic) bond motifs is 3. The van der Waals surface area contributed by atoms with Crippen molar-refractivity contribution in [1.82, 2.24) is 19.5 Å². The average molecular weight is 710 g/mol. The topological polar surface area (TPSA) is 48.0 Å². The van der Waals surface area contributed by atoms with Gasteiger partial charge >= 0.3 is 0 Å². The predicted molar refractivity (Wildman–Crippen MR) is 222 cm³/mol. The van der Waals surface area contributed by atoms with E-state index in [4.69, 9.17) is 21.5 Å². The lowest BCUT2D eigenvalue weighted by Gasteiger charge is -2.57. The highest BCUT2D eigenvalue weighted by Gasteiger charge is 2.51. The van der Waals surface area contributed by atoms with Gasteiger partial charge in [-0.25, -0.2) is 19.8 Å². The molecule has 2 heterocycles. The lowest BCUT2D eigenvalue weighted by molar-refractivity contribution is -0.00518. The summed E-state index contributed by atoms with van der Waals surface area (Å²) >= 11 is 0. The Balaban J connectivity index is 1.03. The molecule has 12 rings (SSSR count). The lowest BCUT2D eigenvalue weighted by Crippen LogP contribution is -2.48. The largest absolute Gasteiger partial charge is 0.309 e. The Kier molecular flexibility index (Phi) is 7.35. The second kappa shape index (κ2) is 12.6. The van der Waals surface area contributed by atoms with Crippen LogP contribution in [0.25, 0.3) is 77.6 Å². The van der Waals surface area contributed by atoms with Gasteiger partial charge in [-0.1, -0.05) is 109 Å². The number of para-hydroxylation sites is 1. The maximum atomic E-state index is 7.47. The van der Waals surface area contributed by atoms with Crippen LogP contribution >= 0.6 is 0 Å². The first kappa shape index (κ1) is 32.1. The van der Waals surface area contributed by atoms with E-state index in [-0.39, 0.29) is 0 Å². The zero-order valence-corrected chi connectivity index (χ0v) is 30.6. The minimum atomic E-state index is 0.338. The van der Waals surface area contributed by atoms with Gasteiger partial charge in [-0.2, -0.15) is 0 Å². The number of aromatic nitrogens is 4. The van der Waals surface area contributed by atoms with E-state index in [1.54, 1.807) is 0 Å². The fourth-order valence-electron chi connectivity index (χ4n) is 10.7. The van der Waals surface area contributed by atoms with Crippen molar-refractivity contribution in [3.8, 4) is 51.0 Å². The molecule has 0 spiro atoms. The normalized spacial score (nSPS) is 21.3. The number of nitrogens with zero attached hydrogens (tertiary/aromatic N) is 5. The molecule has 8 aromatic rings. The summed E-state index contributed by atoms with van der Waals surface area (Å²) in [6.07, 6.45) is 8.36. The van der Waals surface area contributed by atoms with Crippen molar-refractivity contribution in [3.63, 3.8) is 0 Å². The van der Waals surface area contributed by atoms with Crippen molar-refractivity contribution in [2.45, 2.75) is 43.9 Å². The van der Waals surface area contributed by atoms with E-state index in [0.29, 0.717) is 28.6 Å². The molecule has 2 aromatic heterocycles. The third-order valence-electron chi connectivity index (χ3n) is 12.8. The van der Waals surface area contributed by atoms with Crippen LogP contribution in [-0.4, -0.2) is 19.5 Å². The number of hydrogen-bond donors (Lipinski definition) is 0. The summed E-state index contributed by atoms with van der Waals surface area (Å²) in [7, 11) is 0. The van der Waals surface area contributed by atoms with E-state index >= 15 is 0 Å². The summed E-state index contributed by atoms with van der Waals surface area (Å²) in [5.74, 6) is 4.59. The van der Waals surface area contributed by atoms with E-state index < -0.39 is 0 Å². The molecular formula is C50H39N5. The molecule has 55 heavy (non-hydrogen) atoms. The number of benzene rings is 6. The SMILES string of the molecule is [C-]#[N+]c1ccc(-c2nc(-c3ccc(C45CC6CC(CC(C6)C4)C5)cc3)nc(-c3ccc4c(c3)c3ccccc3n4-c3cccc(-c4ccccc4)c3)n2)cc1. The van der Waals surface area contributed by atoms with E-state index in [1.807, 2.05) is 24.3 Å². The van der Waals surface area contributed by atoms with Crippen molar-refractivity contribution in [1.29, 1.82) is 0 Å². The molecule has 5 nitrogen and oxygen atoms in total. The first-order chi connectivity index (χ1) is 27.1. The molecule has 0 amide bonds. The number of rotatable bonds is 6. The molecule has 4 aliphatic rings. The molecule has 6 aromatic carbocycles. The van der Waals surface area contributed by atoms with Crippen LogP contribution in [0.5, 0.6) is 0 Å². The lowest BCUT2D eigenvalue weighted by atomic mass is 9.48. The van der Waals surface area contributed by atoms with Gasteiger partial charge in [0, 0.05) is 33.2 Å². The van der Waals surface area contributed by atoms with Gasteiger partial charge in [-0.15, -0.1) is 0 Å². The Hall–Kier alpha value is -6.38. The molecule has 4 fully saturated rings. The standard InChI is InChI=1S/C50H39N5/c1-51-41-21-16-37(17-22-41)48-52-47(36-14-19-40(20-15-36)50-29-32-24-33(30-50)26-34(25-32)31-50)53-49(54-48)39-18-23-46-44(28-39)43-12-5-6-13-45(43)55(46)42-11-7-10-38(27-42)35-8-3-2-4-9-35/h2-23,27-28,32-34H,24-26,29-31H2. The summed E-state index contributed by atoms with van der Waals surface area (Å²) in [4.78, 5) is 18.9. The van der Waals surface area contributed by atoms with Gasteiger partial charge in [0.25, 0.3) is 0 Å². The monoisotopic (exact) mass is 709 g/mol. The molecule has 4 bridgehead atoms. The third-order valence-corrected chi connectivity index (χ3v) is 12.8. The van der Waals surface area contributed by atoms with Crippen LogP contribution in [0.4, 0.5) is 5.69 Å². The fraction of sp³-hybridized carbons (Fsp3) is 0.200. The quantitative estimate of drug-likeness (QED) is 0.162. The molecule has 0 atom stereocenters. The Labute approximate surface area is 321 Å². The molecule has 5 heteroatoms. The van der Waals surface area contributed by atoms with Gasteiger partial charge in [-0.3, -0.25) is 0 Å². The van der Waals surface area contributed by atoms with E-state index in [2.05, 4.69) is 131 Å². The Morgan fingerprint density at radius 2 is 1.05 bits per heavy atom. The fourth-order valence-corrected chi connectivity index (χ4v) is 10.7. The molecular weight excluding hydrogens is 671 g/mol. The van der Waals surface area contributed by atoms with E-state index in [0.717, 1.165) is 56.6 Å². The van der Waals surface area contributed by atoms with Crippen LogP contribution in [0.2, 0.25) is 0 Å². The van der Waals surface area contributed by atoms with Gasteiger partial charge in [0.2, 0.25) is 0 Å². The minimum Gasteiger partial charge on any atom is -0.309 e.